The van der Waals surface area contributed by atoms with Crippen molar-refractivity contribution in [2.75, 3.05) is 13.1 Å². The molecule has 1 rings (SSSR count). The number of ether oxygens (including phenoxy) is 1. The fourth-order valence-corrected chi connectivity index (χ4v) is 1.91. The maximum atomic E-state index is 11.8. The zero-order chi connectivity index (χ0) is 11.6. The zero-order valence-electron chi connectivity index (χ0n) is 10.1. The molecular weight excluding hydrogens is 192 g/mol. The summed E-state index contributed by atoms with van der Waals surface area (Å²) in [7, 11) is 0. The van der Waals surface area contributed by atoms with Crippen LogP contribution in [0.5, 0.6) is 0 Å². The molecule has 15 heavy (non-hydrogen) atoms. The van der Waals surface area contributed by atoms with Gasteiger partial charge in [0.05, 0.1) is 0 Å². The van der Waals surface area contributed by atoms with Gasteiger partial charge in [0.1, 0.15) is 5.60 Å². The lowest BCUT2D eigenvalue weighted by atomic mass is 10.0. The first kappa shape index (κ1) is 12.3. The largest absolute Gasteiger partial charge is 0.444 e. The third-order valence-electron chi connectivity index (χ3n) is 2.75. The second-order valence-electron chi connectivity index (χ2n) is 5.24. The van der Waals surface area contributed by atoms with Gasteiger partial charge in [0.15, 0.2) is 0 Å². The van der Waals surface area contributed by atoms with Gasteiger partial charge in [-0.25, -0.2) is 4.79 Å². The summed E-state index contributed by atoms with van der Waals surface area (Å²) in [4.78, 5) is 13.6. The van der Waals surface area contributed by atoms with Gasteiger partial charge < -0.3 is 15.4 Å². The molecule has 0 aliphatic carbocycles. The lowest BCUT2D eigenvalue weighted by Crippen LogP contribution is -2.44. The van der Waals surface area contributed by atoms with Crippen molar-refractivity contribution >= 4 is 6.09 Å². The molecule has 4 nitrogen and oxygen atoms in total. The minimum Gasteiger partial charge on any atom is -0.444 e. The molecule has 0 aromatic carbocycles. The van der Waals surface area contributed by atoms with E-state index in [2.05, 4.69) is 6.92 Å². The van der Waals surface area contributed by atoms with Crippen LogP contribution in [0.15, 0.2) is 0 Å². The average molecular weight is 214 g/mol. The zero-order valence-corrected chi connectivity index (χ0v) is 10.1. The molecule has 1 fully saturated rings. The van der Waals surface area contributed by atoms with Crippen molar-refractivity contribution < 1.29 is 9.53 Å². The Kier molecular flexibility index (Phi) is 3.60. The molecule has 1 heterocycles. The van der Waals surface area contributed by atoms with E-state index in [1.807, 2.05) is 20.8 Å². The van der Waals surface area contributed by atoms with Crippen molar-refractivity contribution in [2.45, 2.75) is 45.8 Å². The molecule has 0 saturated carbocycles. The van der Waals surface area contributed by atoms with Crippen molar-refractivity contribution in [1.82, 2.24) is 4.90 Å². The fraction of sp³-hybridized carbons (Fsp3) is 0.909. The Morgan fingerprint density at radius 3 is 2.60 bits per heavy atom. The van der Waals surface area contributed by atoms with Crippen LogP contribution in [0, 0.1) is 5.92 Å². The minimum atomic E-state index is -0.429. The number of amides is 1. The molecule has 0 spiro atoms. The third-order valence-corrected chi connectivity index (χ3v) is 2.75. The van der Waals surface area contributed by atoms with Crippen molar-refractivity contribution in [1.29, 1.82) is 0 Å². The Bertz CT molecular complexity index is 235. The highest BCUT2D eigenvalue weighted by molar-refractivity contribution is 5.69. The van der Waals surface area contributed by atoms with E-state index in [0.29, 0.717) is 12.5 Å². The first-order valence-corrected chi connectivity index (χ1v) is 5.55. The summed E-state index contributed by atoms with van der Waals surface area (Å²) in [5, 5.41) is 0. The molecule has 1 aliphatic rings. The number of nitrogens with zero attached hydrogens (tertiary/aromatic N) is 1. The number of hydrogen-bond acceptors (Lipinski definition) is 3. The third kappa shape index (κ3) is 3.09. The van der Waals surface area contributed by atoms with E-state index in [4.69, 9.17) is 10.5 Å². The molecule has 88 valence electrons. The van der Waals surface area contributed by atoms with Crippen LogP contribution >= 0.6 is 0 Å². The van der Waals surface area contributed by atoms with Crippen LogP contribution in [0.25, 0.3) is 0 Å². The SMILES string of the molecule is C[C@H]1CCN(C(=O)OC(C)(C)C)[C@@H]1CN. The highest BCUT2D eigenvalue weighted by atomic mass is 16.6. The van der Waals surface area contributed by atoms with Crippen LogP contribution in [-0.2, 0) is 4.74 Å². The van der Waals surface area contributed by atoms with Gasteiger partial charge in [-0.1, -0.05) is 6.92 Å². The Morgan fingerprint density at radius 2 is 2.13 bits per heavy atom. The summed E-state index contributed by atoms with van der Waals surface area (Å²) in [5.74, 6) is 0.475. The normalized spacial score (nSPS) is 26.9. The topological polar surface area (TPSA) is 55.6 Å². The first-order valence-electron chi connectivity index (χ1n) is 5.55. The van der Waals surface area contributed by atoms with E-state index < -0.39 is 5.60 Å². The number of carbonyl (C=O) groups excluding carboxylic acids is 1. The summed E-state index contributed by atoms with van der Waals surface area (Å²) in [5.41, 5.74) is 5.24. The Morgan fingerprint density at radius 1 is 1.53 bits per heavy atom. The minimum absolute atomic E-state index is 0.139. The Hall–Kier alpha value is -0.770. The van der Waals surface area contributed by atoms with E-state index >= 15 is 0 Å². The highest BCUT2D eigenvalue weighted by Crippen LogP contribution is 2.24. The molecule has 0 bridgehead atoms. The fourth-order valence-electron chi connectivity index (χ4n) is 1.91. The van der Waals surface area contributed by atoms with Gasteiger partial charge >= 0.3 is 6.09 Å². The van der Waals surface area contributed by atoms with Gasteiger partial charge in [-0.2, -0.15) is 0 Å². The van der Waals surface area contributed by atoms with Gasteiger partial charge in [0.25, 0.3) is 0 Å². The standard InChI is InChI=1S/C11H22N2O2/c1-8-5-6-13(9(8)7-12)10(14)15-11(2,3)4/h8-9H,5-7,12H2,1-4H3/t8-,9+/m0/s1. The molecule has 2 atom stereocenters. The van der Waals surface area contributed by atoms with Crippen LogP contribution in [0.2, 0.25) is 0 Å². The van der Waals surface area contributed by atoms with E-state index in [9.17, 15) is 4.79 Å². The second-order valence-corrected chi connectivity index (χ2v) is 5.24. The first-order chi connectivity index (χ1) is 6.85. The van der Waals surface area contributed by atoms with Crippen LogP contribution in [0.3, 0.4) is 0 Å². The van der Waals surface area contributed by atoms with Crippen molar-refractivity contribution in [2.24, 2.45) is 11.7 Å². The lowest BCUT2D eigenvalue weighted by molar-refractivity contribution is 0.0217. The van der Waals surface area contributed by atoms with Crippen LogP contribution in [-0.4, -0.2) is 35.7 Å². The van der Waals surface area contributed by atoms with E-state index in [1.54, 1.807) is 4.90 Å². The molecule has 4 heteroatoms. The van der Waals surface area contributed by atoms with Crippen molar-refractivity contribution in [3.63, 3.8) is 0 Å². The van der Waals surface area contributed by atoms with Gasteiger partial charge in [0, 0.05) is 19.1 Å². The smallest absolute Gasteiger partial charge is 0.410 e. The van der Waals surface area contributed by atoms with E-state index in [-0.39, 0.29) is 12.1 Å². The van der Waals surface area contributed by atoms with Gasteiger partial charge in [-0.15, -0.1) is 0 Å². The van der Waals surface area contributed by atoms with Crippen LogP contribution < -0.4 is 5.73 Å². The summed E-state index contributed by atoms with van der Waals surface area (Å²) in [6, 6.07) is 0.139. The average Bonchev–Trinajstić information content (AvgIpc) is 2.43. The number of likely N-dealkylation sites (tertiary alicyclic amines) is 1. The lowest BCUT2D eigenvalue weighted by Gasteiger charge is -2.29. The molecule has 1 saturated heterocycles. The summed E-state index contributed by atoms with van der Waals surface area (Å²) < 4.78 is 5.33. The van der Waals surface area contributed by atoms with Crippen molar-refractivity contribution in [3.8, 4) is 0 Å². The van der Waals surface area contributed by atoms with Crippen LogP contribution in [0.1, 0.15) is 34.1 Å². The maximum Gasteiger partial charge on any atom is 0.410 e. The van der Waals surface area contributed by atoms with Crippen molar-refractivity contribution in [3.05, 3.63) is 0 Å². The number of nitrogens with two attached hydrogens (primary N) is 1. The predicted molar refractivity (Wildman–Crippen MR) is 59.6 cm³/mol. The number of carbonyl (C=O) groups is 1. The summed E-state index contributed by atoms with van der Waals surface area (Å²) in [6.07, 6.45) is 0.781. The van der Waals surface area contributed by atoms with Gasteiger partial charge in [-0.3, -0.25) is 0 Å². The number of hydrogen-bond donors (Lipinski definition) is 1. The molecular formula is C11H22N2O2. The maximum absolute atomic E-state index is 11.8. The molecule has 1 amide bonds. The highest BCUT2D eigenvalue weighted by Gasteiger charge is 2.35. The summed E-state index contributed by atoms with van der Waals surface area (Å²) >= 11 is 0. The van der Waals surface area contributed by atoms with Gasteiger partial charge in [-0.05, 0) is 33.1 Å². The molecule has 0 unspecified atom stereocenters. The molecule has 0 radical (unpaired) electrons. The summed E-state index contributed by atoms with van der Waals surface area (Å²) in [6.45, 7) is 9.03. The Labute approximate surface area is 91.8 Å². The molecule has 0 aromatic rings. The molecule has 1 aliphatic heterocycles. The van der Waals surface area contributed by atoms with E-state index in [0.717, 1.165) is 13.0 Å². The number of rotatable bonds is 1. The Balaban J connectivity index is 2.60. The monoisotopic (exact) mass is 214 g/mol. The predicted octanol–water partition coefficient (Wildman–Crippen LogP) is 1.59. The molecule has 0 aromatic heterocycles. The van der Waals surface area contributed by atoms with Gasteiger partial charge in [0.2, 0.25) is 0 Å². The second kappa shape index (κ2) is 4.39. The van der Waals surface area contributed by atoms with Crippen LogP contribution in [0.4, 0.5) is 4.79 Å². The molecule has 2 N–H and O–H groups in total. The quantitative estimate of drug-likeness (QED) is 0.721. The van der Waals surface area contributed by atoms with E-state index in [1.165, 1.54) is 0 Å².